The number of esters is 2. The molecule has 0 aromatic heterocycles. The molecule has 9 heteroatoms. The van der Waals surface area contributed by atoms with Crippen molar-refractivity contribution in [3.63, 3.8) is 0 Å². The summed E-state index contributed by atoms with van der Waals surface area (Å²) < 4.78 is 22.7. The fourth-order valence-electron chi connectivity index (χ4n) is 6.34. The van der Waals surface area contributed by atoms with Crippen molar-refractivity contribution in [3.05, 3.63) is 85.1 Å². The third kappa shape index (κ3) is 46.3. The van der Waals surface area contributed by atoms with Crippen molar-refractivity contribution in [2.45, 2.75) is 193 Å². The van der Waals surface area contributed by atoms with Gasteiger partial charge >= 0.3 is 17.9 Å². The molecule has 0 spiro atoms. The average Bonchev–Trinajstić information content (AvgIpc) is 3.24. The summed E-state index contributed by atoms with van der Waals surface area (Å²) in [6.45, 7) is 4.70. The lowest BCUT2D eigenvalue weighted by Gasteiger charge is -2.25. The number of aliphatic carboxylic acids is 1. The molecular formula is C54H92NO8+. The van der Waals surface area contributed by atoms with Gasteiger partial charge in [-0.05, 0) is 70.6 Å². The zero-order chi connectivity index (χ0) is 46.3. The number of carboxylic acids is 1. The van der Waals surface area contributed by atoms with E-state index in [9.17, 15) is 19.5 Å². The summed E-state index contributed by atoms with van der Waals surface area (Å²) in [5.41, 5.74) is 0. The van der Waals surface area contributed by atoms with Gasteiger partial charge in [0.1, 0.15) is 13.2 Å². The lowest BCUT2D eigenvalue weighted by molar-refractivity contribution is -0.870. The molecule has 0 amide bonds. The summed E-state index contributed by atoms with van der Waals surface area (Å²) in [4.78, 5) is 37.1. The van der Waals surface area contributed by atoms with Crippen LogP contribution in [0.4, 0.5) is 0 Å². The van der Waals surface area contributed by atoms with E-state index in [2.05, 4.69) is 98.9 Å². The summed E-state index contributed by atoms with van der Waals surface area (Å²) >= 11 is 0. The third-order valence-electron chi connectivity index (χ3n) is 10.2. The van der Waals surface area contributed by atoms with Crippen LogP contribution in [0.1, 0.15) is 181 Å². The Bertz CT molecular complexity index is 1300. The van der Waals surface area contributed by atoms with Crippen molar-refractivity contribution in [1.29, 1.82) is 0 Å². The van der Waals surface area contributed by atoms with Crippen molar-refractivity contribution in [1.82, 2.24) is 0 Å². The molecule has 0 aromatic carbocycles. The highest BCUT2D eigenvalue weighted by atomic mass is 16.7. The van der Waals surface area contributed by atoms with Crippen LogP contribution in [0.25, 0.3) is 0 Å². The molecule has 0 saturated heterocycles. The number of carbonyl (C=O) groups excluding carboxylic acids is 2. The first kappa shape index (κ1) is 59.5. The Kier molecular flexibility index (Phi) is 42.5. The number of allylic oxidation sites excluding steroid dienone is 14. The van der Waals surface area contributed by atoms with E-state index >= 15 is 0 Å². The van der Waals surface area contributed by atoms with E-state index in [0.717, 1.165) is 89.9 Å². The average molecular weight is 883 g/mol. The van der Waals surface area contributed by atoms with Crippen LogP contribution in [-0.4, -0.2) is 87.4 Å². The second kappa shape index (κ2) is 45.1. The van der Waals surface area contributed by atoms with Gasteiger partial charge in [0, 0.05) is 12.8 Å². The van der Waals surface area contributed by atoms with E-state index < -0.39 is 24.3 Å². The molecule has 0 saturated carbocycles. The molecule has 0 aliphatic rings. The lowest BCUT2D eigenvalue weighted by atomic mass is 10.1. The highest BCUT2D eigenvalue weighted by Crippen LogP contribution is 2.14. The zero-order valence-electron chi connectivity index (χ0n) is 40.7. The van der Waals surface area contributed by atoms with Crippen LogP contribution >= 0.6 is 0 Å². The number of hydrogen-bond donors (Lipinski definition) is 1. The van der Waals surface area contributed by atoms with Crippen LogP contribution in [0.5, 0.6) is 0 Å². The van der Waals surface area contributed by atoms with E-state index in [1.165, 1.54) is 57.8 Å². The Morgan fingerprint density at radius 3 is 1.35 bits per heavy atom. The molecule has 9 nitrogen and oxygen atoms in total. The summed E-state index contributed by atoms with van der Waals surface area (Å²) in [6.07, 6.45) is 55.1. The van der Waals surface area contributed by atoms with E-state index in [4.69, 9.17) is 18.9 Å². The predicted octanol–water partition coefficient (Wildman–Crippen LogP) is 13.7. The van der Waals surface area contributed by atoms with Gasteiger partial charge in [-0.25, -0.2) is 4.79 Å². The van der Waals surface area contributed by atoms with E-state index in [1.54, 1.807) is 0 Å². The standard InChI is InChI=1S/C54H91NO8/c1-6-8-10-12-14-16-17-18-19-20-21-22-23-24-25-26-27-28-29-30-31-32-33-34-35-37-39-41-43-45-52(57)63-50(49-62-54(53(58)59)60-47-46-55(3,4)5)48-61-51(56)44-42-40-38-36-15-13-11-9-7-2/h8,10,14,16,18-19,21-22,24-25,27-28,30-31,50,54H,6-7,9,11-13,15,17,20,23,26,29,32-49H2,1-5H3/p+1/b10-8-,16-14-,19-18-,22-21-,25-24-,28-27-,31-30-. The molecular weight excluding hydrogens is 791 g/mol. The summed E-state index contributed by atoms with van der Waals surface area (Å²) in [5.74, 6) is -2.03. The van der Waals surface area contributed by atoms with Crippen molar-refractivity contribution >= 4 is 17.9 Å². The predicted molar refractivity (Wildman–Crippen MR) is 262 cm³/mol. The largest absolute Gasteiger partial charge is 0.477 e. The van der Waals surface area contributed by atoms with Crippen LogP contribution in [0.2, 0.25) is 0 Å². The van der Waals surface area contributed by atoms with Gasteiger partial charge in [-0.3, -0.25) is 9.59 Å². The van der Waals surface area contributed by atoms with Crippen molar-refractivity contribution in [2.75, 3.05) is 47.5 Å². The van der Waals surface area contributed by atoms with E-state index in [0.29, 0.717) is 23.9 Å². The number of carbonyl (C=O) groups is 3. The maximum atomic E-state index is 12.8. The van der Waals surface area contributed by atoms with Crippen molar-refractivity contribution in [2.24, 2.45) is 0 Å². The molecule has 0 fully saturated rings. The Hall–Kier alpha value is -3.53. The van der Waals surface area contributed by atoms with Crippen molar-refractivity contribution < 1.29 is 42.9 Å². The summed E-state index contributed by atoms with van der Waals surface area (Å²) in [7, 11) is 5.94. The molecule has 1 N–H and O–H groups in total. The first-order valence-electron chi connectivity index (χ1n) is 24.8. The normalized spacial score (nSPS) is 13.6. The summed E-state index contributed by atoms with van der Waals surface area (Å²) in [6, 6.07) is 0. The summed E-state index contributed by atoms with van der Waals surface area (Å²) in [5, 5.41) is 9.63. The molecule has 360 valence electrons. The first-order valence-corrected chi connectivity index (χ1v) is 24.8. The molecule has 0 radical (unpaired) electrons. The van der Waals surface area contributed by atoms with Gasteiger partial charge in [0.05, 0.1) is 34.4 Å². The Balaban J connectivity index is 4.27. The number of carboxylic acid groups (broad SMARTS) is 1. The molecule has 0 aromatic rings. The van der Waals surface area contributed by atoms with Gasteiger partial charge in [0.15, 0.2) is 6.10 Å². The maximum absolute atomic E-state index is 12.8. The second-order valence-electron chi connectivity index (χ2n) is 17.4. The Morgan fingerprint density at radius 2 is 0.905 bits per heavy atom. The fourth-order valence-corrected chi connectivity index (χ4v) is 6.34. The highest BCUT2D eigenvalue weighted by molar-refractivity contribution is 5.71. The number of rotatable bonds is 44. The minimum Gasteiger partial charge on any atom is -0.477 e. The van der Waals surface area contributed by atoms with Crippen LogP contribution < -0.4 is 0 Å². The van der Waals surface area contributed by atoms with Crippen LogP contribution in [0.3, 0.4) is 0 Å². The molecule has 0 bridgehead atoms. The third-order valence-corrected chi connectivity index (χ3v) is 10.2. The van der Waals surface area contributed by atoms with Gasteiger partial charge in [0.25, 0.3) is 6.29 Å². The minimum absolute atomic E-state index is 0.182. The molecule has 63 heavy (non-hydrogen) atoms. The van der Waals surface area contributed by atoms with Gasteiger partial charge < -0.3 is 28.5 Å². The van der Waals surface area contributed by atoms with Gasteiger partial charge in [-0.2, -0.15) is 0 Å². The SMILES string of the molecule is CC/C=C\C/C=C\C/C=C\C/C=C\C/C=C\C/C=C\C/C=C\CCCCCCCCCC(=O)OC(COC(=O)CCCCCCCCCCC)COC(OCC[N+](C)(C)C)C(=O)O. The molecule has 0 heterocycles. The Labute approximate surface area is 385 Å². The second-order valence-corrected chi connectivity index (χ2v) is 17.4. The minimum atomic E-state index is -1.51. The van der Waals surface area contributed by atoms with Gasteiger partial charge in [0.2, 0.25) is 0 Å². The van der Waals surface area contributed by atoms with E-state index in [1.807, 2.05) is 21.1 Å². The topological polar surface area (TPSA) is 108 Å². The number of quaternary nitrogens is 1. The van der Waals surface area contributed by atoms with Crippen LogP contribution in [0.15, 0.2) is 85.1 Å². The maximum Gasteiger partial charge on any atom is 0.361 e. The van der Waals surface area contributed by atoms with Crippen LogP contribution in [-0.2, 0) is 33.3 Å². The monoisotopic (exact) mass is 883 g/mol. The van der Waals surface area contributed by atoms with Crippen LogP contribution in [0, 0.1) is 0 Å². The molecule has 0 aliphatic carbocycles. The quantitative estimate of drug-likeness (QED) is 0.0212. The highest BCUT2D eigenvalue weighted by Gasteiger charge is 2.25. The smallest absolute Gasteiger partial charge is 0.361 e. The van der Waals surface area contributed by atoms with Gasteiger partial charge in [-0.15, -0.1) is 0 Å². The number of likely N-dealkylation sites (N-methyl/N-ethyl adjacent to an activating group) is 1. The zero-order valence-corrected chi connectivity index (χ0v) is 40.7. The number of ether oxygens (including phenoxy) is 4. The lowest BCUT2D eigenvalue weighted by Crippen LogP contribution is -2.40. The Morgan fingerprint density at radius 1 is 0.492 bits per heavy atom. The number of nitrogens with zero attached hydrogens (tertiary/aromatic N) is 1. The van der Waals surface area contributed by atoms with Crippen molar-refractivity contribution in [3.8, 4) is 0 Å². The molecule has 0 aliphatic heterocycles. The molecule has 2 atom stereocenters. The van der Waals surface area contributed by atoms with Gasteiger partial charge in [-0.1, -0.05) is 182 Å². The molecule has 0 rings (SSSR count). The fraction of sp³-hybridized carbons (Fsp3) is 0.685. The number of hydrogen-bond acceptors (Lipinski definition) is 7. The first-order chi connectivity index (χ1) is 30.6. The number of unbranched alkanes of at least 4 members (excludes halogenated alkanes) is 15. The molecule has 2 unspecified atom stereocenters. The van der Waals surface area contributed by atoms with E-state index in [-0.39, 0.29) is 32.2 Å².